The lowest BCUT2D eigenvalue weighted by atomic mass is 9.89. The van der Waals surface area contributed by atoms with E-state index < -0.39 is 0 Å². The Balaban J connectivity index is 1.76. The third-order valence-electron chi connectivity index (χ3n) is 3.83. The second kappa shape index (κ2) is 3.01. The Kier molecular flexibility index (Phi) is 1.62. The topological polar surface area (TPSA) is 66.5 Å². The van der Waals surface area contributed by atoms with E-state index in [1.165, 1.54) is 19.3 Å². The van der Waals surface area contributed by atoms with Crippen molar-refractivity contribution in [2.45, 2.75) is 37.3 Å². The molecular formula is C11H13N5. The number of rotatable bonds is 1. The third kappa shape index (κ3) is 1.12. The molecule has 2 aliphatic rings. The van der Waals surface area contributed by atoms with Crippen molar-refractivity contribution < 1.29 is 0 Å². The standard InChI is InChI=1S/C11H13N5/c1-2-8-7(3-6(1)14-8)10-15-9-4-12-5-13-11(9)16-10/h4-8,14H,1-3H2,(H,12,13,15,16). The van der Waals surface area contributed by atoms with Gasteiger partial charge in [-0.2, -0.15) is 0 Å². The van der Waals surface area contributed by atoms with Gasteiger partial charge in [0.2, 0.25) is 0 Å². The molecule has 82 valence electrons. The first kappa shape index (κ1) is 8.64. The van der Waals surface area contributed by atoms with Crippen molar-refractivity contribution in [3.05, 3.63) is 18.3 Å². The van der Waals surface area contributed by atoms with E-state index in [-0.39, 0.29) is 0 Å². The van der Waals surface area contributed by atoms with Gasteiger partial charge in [-0.1, -0.05) is 0 Å². The molecule has 0 radical (unpaired) electrons. The van der Waals surface area contributed by atoms with Crippen LogP contribution in [0.5, 0.6) is 0 Å². The SMILES string of the molecule is c1ncc2[nH]c(C3CC4CCC3N4)nc2n1. The van der Waals surface area contributed by atoms with Gasteiger partial charge >= 0.3 is 0 Å². The first-order valence-corrected chi connectivity index (χ1v) is 5.82. The van der Waals surface area contributed by atoms with E-state index in [0.717, 1.165) is 17.0 Å². The minimum absolute atomic E-state index is 0.535. The molecule has 4 heterocycles. The fraction of sp³-hybridized carbons (Fsp3) is 0.545. The van der Waals surface area contributed by atoms with Gasteiger partial charge in [0.1, 0.15) is 17.7 Å². The Bertz CT molecular complexity index is 501. The van der Waals surface area contributed by atoms with E-state index in [0.29, 0.717) is 18.0 Å². The molecule has 0 aliphatic carbocycles. The zero-order valence-electron chi connectivity index (χ0n) is 8.85. The van der Waals surface area contributed by atoms with Crippen molar-refractivity contribution in [2.24, 2.45) is 0 Å². The van der Waals surface area contributed by atoms with Crippen LogP contribution in [0.15, 0.2) is 12.5 Å². The maximum absolute atomic E-state index is 4.57. The summed E-state index contributed by atoms with van der Waals surface area (Å²) in [5.41, 5.74) is 1.73. The van der Waals surface area contributed by atoms with Crippen LogP contribution in [0.4, 0.5) is 0 Å². The predicted molar refractivity (Wildman–Crippen MR) is 59.0 cm³/mol. The summed E-state index contributed by atoms with van der Waals surface area (Å²) in [5, 5.41) is 3.62. The number of hydrogen-bond acceptors (Lipinski definition) is 4. The van der Waals surface area contributed by atoms with E-state index in [1.54, 1.807) is 12.5 Å². The summed E-state index contributed by atoms with van der Waals surface area (Å²) in [6.07, 6.45) is 7.14. The lowest BCUT2D eigenvalue weighted by molar-refractivity contribution is 0.490. The molecule has 2 saturated heterocycles. The van der Waals surface area contributed by atoms with Gasteiger partial charge in [0.25, 0.3) is 0 Å². The minimum atomic E-state index is 0.535. The summed E-state index contributed by atoms with van der Waals surface area (Å²) in [6, 6.07) is 1.31. The quantitative estimate of drug-likeness (QED) is 0.743. The molecule has 16 heavy (non-hydrogen) atoms. The molecule has 2 fully saturated rings. The highest BCUT2D eigenvalue weighted by molar-refractivity contribution is 5.68. The molecule has 3 unspecified atom stereocenters. The van der Waals surface area contributed by atoms with Crippen LogP contribution in [0, 0.1) is 0 Å². The minimum Gasteiger partial charge on any atom is -0.339 e. The summed E-state index contributed by atoms with van der Waals surface area (Å²) >= 11 is 0. The molecule has 0 saturated carbocycles. The fourth-order valence-corrected chi connectivity index (χ4v) is 3.08. The fourth-order valence-electron chi connectivity index (χ4n) is 3.08. The van der Waals surface area contributed by atoms with Crippen molar-refractivity contribution in [3.63, 3.8) is 0 Å². The number of aromatic nitrogens is 4. The summed E-state index contributed by atoms with van der Waals surface area (Å²) in [5.74, 6) is 1.61. The molecule has 0 spiro atoms. The zero-order valence-corrected chi connectivity index (χ0v) is 8.85. The first-order valence-electron chi connectivity index (χ1n) is 5.82. The van der Waals surface area contributed by atoms with Crippen LogP contribution in [0.25, 0.3) is 11.2 Å². The Labute approximate surface area is 92.7 Å². The molecule has 0 aromatic carbocycles. The molecule has 2 aromatic heterocycles. The molecule has 5 heteroatoms. The van der Waals surface area contributed by atoms with Gasteiger partial charge in [-0.05, 0) is 19.3 Å². The molecule has 2 bridgehead atoms. The summed E-state index contributed by atoms with van der Waals surface area (Å²) in [6.45, 7) is 0. The largest absolute Gasteiger partial charge is 0.339 e. The number of imidazole rings is 1. The number of nitrogens with zero attached hydrogens (tertiary/aromatic N) is 3. The number of hydrogen-bond donors (Lipinski definition) is 2. The normalized spacial score (nSPS) is 32.6. The average molecular weight is 215 g/mol. The summed E-state index contributed by atoms with van der Waals surface area (Å²) in [4.78, 5) is 16.1. The van der Waals surface area contributed by atoms with Crippen LogP contribution in [0.2, 0.25) is 0 Å². The molecule has 4 rings (SSSR count). The van der Waals surface area contributed by atoms with Crippen molar-refractivity contribution in [1.82, 2.24) is 25.3 Å². The van der Waals surface area contributed by atoms with Crippen molar-refractivity contribution in [1.29, 1.82) is 0 Å². The van der Waals surface area contributed by atoms with Crippen molar-refractivity contribution in [3.8, 4) is 0 Å². The highest BCUT2D eigenvalue weighted by Crippen LogP contribution is 2.38. The van der Waals surface area contributed by atoms with Gasteiger partial charge in [0.15, 0.2) is 5.65 Å². The monoisotopic (exact) mass is 215 g/mol. The van der Waals surface area contributed by atoms with Crippen LogP contribution in [-0.2, 0) is 0 Å². The zero-order chi connectivity index (χ0) is 10.5. The third-order valence-corrected chi connectivity index (χ3v) is 3.83. The second-order valence-electron chi connectivity index (χ2n) is 4.77. The Morgan fingerprint density at radius 1 is 1.31 bits per heavy atom. The summed E-state index contributed by atoms with van der Waals surface area (Å²) < 4.78 is 0. The second-order valence-corrected chi connectivity index (χ2v) is 4.77. The molecule has 2 aromatic rings. The number of fused-ring (bicyclic) bond motifs is 3. The number of nitrogens with one attached hydrogen (secondary N) is 2. The highest BCUT2D eigenvalue weighted by Gasteiger charge is 2.41. The van der Waals surface area contributed by atoms with Gasteiger partial charge in [-0.15, -0.1) is 0 Å². The smallest absolute Gasteiger partial charge is 0.180 e. The highest BCUT2D eigenvalue weighted by atomic mass is 15.1. The number of H-pyrrole nitrogens is 1. The average Bonchev–Trinajstić information content (AvgIpc) is 3.02. The molecule has 5 nitrogen and oxygen atoms in total. The maximum Gasteiger partial charge on any atom is 0.180 e. The Hall–Kier alpha value is -1.49. The van der Waals surface area contributed by atoms with E-state index in [2.05, 4.69) is 25.3 Å². The van der Waals surface area contributed by atoms with Crippen LogP contribution in [0.3, 0.4) is 0 Å². The van der Waals surface area contributed by atoms with Crippen molar-refractivity contribution in [2.75, 3.05) is 0 Å². The van der Waals surface area contributed by atoms with E-state index >= 15 is 0 Å². The van der Waals surface area contributed by atoms with Gasteiger partial charge in [0, 0.05) is 18.0 Å². The van der Waals surface area contributed by atoms with Crippen LogP contribution in [-0.4, -0.2) is 32.0 Å². The van der Waals surface area contributed by atoms with Gasteiger partial charge in [-0.25, -0.2) is 15.0 Å². The molecular weight excluding hydrogens is 202 g/mol. The Morgan fingerprint density at radius 3 is 3.06 bits per heavy atom. The van der Waals surface area contributed by atoms with Gasteiger partial charge in [-0.3, -0.25) is 0 Å². The first-order chi connectivity index (χ1) is 7.90. The Morgan fingerprint density at radius 2 is 2.31 bits per heavy atom. The molecule has 3 atom stereocenters. The van der Waals surface area contributed by atoms with E-state index in [9.17, 15) is 0 Å². The molecule has 0 amide bonds. The lowest BCUT2D eigenvalue weighted by Gasteiger charge is -2.17. The van der Waals surface area contributed by atoms with Gasteiger partial charge < -0.3 is 10.3 Å². The van der Waals surface area contributed by atoms with Crippen LogP contribution >= 0.6 is 0 Å². The van der Waals surface area contributed by atoms with E-state index in [1.807, 2.05) is 0 Å². The van der Waals surface area contributed by atoms with E-state index in [4.69, 9.17) is 0 Å². The van der Waals surface area contributed by atoms with Crippen LogP contribution in [0.1, 0.15) is 31.0 Å². The van der Waals surface area contributed by atoms with Gasteiger partial charge in [0.05, 0.1) is 6.20 Å². The number of aromatic amines is 1. The molecule has 2 aliphatic heterocycles. The van der Waals surface area contributed by atoms with Crippen LogP contribution < -0.4 is 5.32 Å². The maximum atomic E-state index is 4.57. The lowest BCUT2D eigenvalue weighted by Crippen LogP contribution is -2.22. The van der Waals surface area contributed by atoms with Crippen molar-refractivity contribution >= 4 is 11.2 Å². The predicted octanol–water partition coefficient (Wildman–Crippen LogP) is 0.961. The summed E-state index contributed by atoms with van der Waals surface area (Å²) in [7, 11) is 0. The molecule has 2 N–H and O–H groups in total.